The smallest absolute Gasteiger partial charge is 0.253 e. The van der Waals surface area contributed by atoms with Gasteiger partial charge in [0.25, 0.3) is 5.91 Å². The van der Waals surface area contributed by atoms with Gasteiger partial charge in [0.2, 0.25) is 0 Å². The topological polar surface area (TPSA) is 80.0 Å². The third kappa shape index (κ3) is 2.98. The molecule has 2 aromatic rings. The normalized spacial score (nSPS) is 10.1. The lowest BCUT2D eigenvalue weighted by Crippen LogP contribution is -2.22. The van der Waals surface area contributed by atoms with E-state index in [1.807, 2.05) is 17.5 Å². The highest BCUT2D eigenvalue weighted by atomic mass is 35.5. The van der Waals surface area contributed by atoms with Gasteiger partial charge in [0, 0.05) is 11.1 Å². The second-order valence-corrected chi connectivity index (χ2v) is 4.90. The molecule has 2 aromatic heterocycles. The fourth-order valence-electron chi connectivity index (χ4n) is 1.35. The third-order valence-electron chi connectivity index (χ3n) is 2.24. The van der Waals surface area contributed by atoms with Gasteiger partial charge >= 0.3 is 0 Å². The van der Waals surface area contributed by atoms with Gasteiger partial charge in [-0.05, 0) is 17.5 Å². The van der Waals surface area contributed by atoms with Crippen molar-refractivity contribution < 1.29 is 4.79 Å². The molecule has 94 valence electrons. The largest absolute Gasteiger partial charge is 0.347 e. The summed E-state index contributed by atoms with van der Waals surface area (Å²) in [4.78, 5) is 16.9. The number of hydrogen-bond acceptors (Lipinski definition) is 5. The molecule has 2 heterocycles. The highest BCUT2D eigenvalue weighted by Gasteiger charge is 2.09. The molecule has 0 aliphatic carbocycles. The first-order valence-corrected chi connectivity index (χ1v) is 6.39. The zero-order chi connectivity index (χ0) is 13.0. The molecule has 0 spiro atoms. The molecule has 0 unspecified atom stereocenters. The number of halogens is 1. The number of nitrogen functional groups attached to an aromatic ring is 1. The maximum Gasteiger partial charge on any atom is 0.253 e. The van der Waals surface area contributed by atoms with Crippen LogP contribution in [0.4, 0.5) is 5.82 Å². The van der Waals surface area contributed by atoms with Crippen molar-refractivity contribution >= 4 is 34.7 Å². The van der Waals surface area contributed by atoms with Crippen LogP contribution in [0.15, 0.2) is 29.8 Å². The fraction of sp³-hybridized carbons (Fsp3) is 0.0909. The van der Waals surface area contributed by atoms with E-state index in [1.54, 1.807) is 11.3 Å². The number of anilines is 1. The summed E-state index contributed by atoms with van der Waals surface area (Å²) < 4.78 is 0. The van der Waals surface area contributed by atoms with E-state index in [9.17, 15) is 4.79 Å². The van der Waals surface area contributed by atoms with Crippen LogP contribution in [-0.2, 0) is 6.54 Å². The lowest BCUT2D eigenvalue weighted by molar-refractivity contribution is 0.0951. The highest BCUT2D eigenvalue weighted by molar-refractivity contribution is 7.09. The first kappa shape index (κ1) is 12.8. The molecular weight excluding hydrogens is 272 g/mol. The molecular formula is C11H11ClN4OS. The van der Waals surface area contributed by atoms with E-state index in [2.05, 4.69) is 15.7 Å². The van der Waals surface area contributed by atoms with Crippen molar-refractivity contribution in [2.45, 2.75) is 6.54 Å². The number of carbonyl (C=O) groups is 1. The number of carbonyl (C=O) groups excluding carboxylic acids is 1. The minimum absolute atomic E-state index is 0.221. The molecule has 1 amide bonds. The molecule has 5 nitrogen and oxygen atoms in total. The first-order chi connectivity index (χ1) is 8.70. The van der Waals surface area contributed by atoms with Crippen molar-refractivity contribution in [2.24, 2.45) is 5.84 Å². The van der Waals surface area contributed by atoms with E-state index in [1.165, 1.54) is 12.3 Å². The summed E-state index contributed by atoms with van der Waals surface area (Å²) in [7, 11) is 0. The van der Waals surface area contributed by atoms with Gasteiger partial charge < -0.3 is 10.7 Å². The maximum absolute atomic E-state index is 11.8. The van der Waals surface area contributed by atoms with Crippen LogP contribution in [0, 0.1) is 0 Å². The van der Waals surface area contributed by atoms with Gasteiger partial charge in [-0.2, -0.15) is 0 Å². The number of hydrogen-bond donors (Lipinski definition) is 3. The predicted molar refractivity (Wildman–Crippen MR) is 72.5 cm³/mol. The lowest BCUT2D eigenvalue weighted by Gasteiger charge is -2.06. The van der Waals surface area contributed by atoms with Gasteiger partial charge in [0.15, 0.2) is 5.82 Å². The molecule has 0 atom stereocenters. The Morgan fingerprint density at radius 3 is 3.00 bits per heavy atom. The Bertz CT molecular complexity index is 544. The highest BCUT2D eigenvalue weighted by Crippen LogP contribution is 2.19. The van der Waals surface area contributed by atoms with Crippen molar-refractivity contribution in [1.29, 1.82) is 0 Å². The molecule has 0 radical (unpaired) electrons. The van der Waals surface area contributed by atoms with Crippen molar-refractivity contribution in [1.82, 2.24) is 10.3 Å². The minimum atomic E-state index is -0.221. The average molecular weight is 283 g/mol. The van der Waals surface area contributed by atoms with Gasteiger partial charge in [-0.25, -0.2) is 10.8 Å². The van der Waals surface area contributed by atoms with Gasteiger partial charge in [-0.3, -0.25) is 4.79 Å². The van der Waals surface area contributed by atoms with Crippen LogP contribution in [0.25, 0.3) is 0 Å². The molecule has 18 heavy (non-hydrogen) atoms. The summed E-state index contributed by atoms with van der Waals surface area (Å²) in [6.07, 6.45) is 1.42. The average Bonchev–Trinajstić information content (AvgIpc) is 2.89. The molecule has 0 fully saturated rings. The molecule has 0 bridgehead atoms. The van der Waals surface area contributed by atoms with E-state index in [0.29, 0.717) is 22.9 Å². The van der Waals surface area contributed by atoms with Crippen LogP contribution < -0.4 is 16.6 Å². The molecule has 0 saturated heterocycles. The Kier molecular flexibility index (Phi) is 4.14. The zero-order valence-electron chi connectivity index (χ0n) is 9.31. The van der Waals surface area contributed by atoms with Crippen LogP contribution in [0.3, 0.4) is 0 Å². The molecule has 7 heteroatoms. The van der Waals surface area contributed by atoms with Gasteiger partial charge in [0.05, 0.1) is 17.1 Å². The lowest BCUT2D eigenvalue weighted by atomic mass is 10.2. The Labute approximate surface area is 113 Å². The van der Waals surface area contributed by atoms with Gasteiger partial charge in [-0.15, -0.1) is 11.3 Å². The second kappa shape index (κ2) is 5.81. The molecule has 0 saturated carbocycles. The second-order valence-electron chi connectivity index (χ2n) is 3.46. The van der Waals surface area contributed by atoms with Gasteiger partial charge in [-0.1, -0.05) is 17.7 Å². The number of nitrogens with zero attached hydrogens (tertiary/aromatic N) is 1. The molecule has 2 rings (SSSR count). The summed E-state index contributed by atoms with van der Waals surface area (Å²) in [6, 6.07) is 5.41. The number of hydrazine groups is 1. The summed E-state index contributed by atoms with van der Waals surface area (Å²) in [6.45, 7) is 0.491. The van der Waals surface area contributed by atoms with E-state index < -0.39 is 0 Å². The van der Waals surface area contributed by atoms with Crippen LogP contribution in [-0.4, -0.2) is 10.9 Å². The Hall–Kier alpha value is -1.63. The number of nitrogens with one attached hydrogen (secondary N) is 2. The van der Waals surface area contributed by atoms with E-state index >= 15 is 0 Å². The molecule has 4 N–H and O–H groups in total. The van der Waals surface area contributed by atoms with Crippen molar-refractivity contribution in [3.05, 3.63) is 45.2 Å². The fourth-order valence-corrected chi connectivity index (χ4v) is 2.22. The molecule has 0 aliphatic heterocycles. The first-order valence-electron chi connectivity index (χ1n) is 5.13. The SMILES string of the molecule is NNc1ncc(C(=O)NCc2cccs2)cc1Cl. The standard InChI is InChI=1S/C11H11ClN4OS/c12-9-4-7(5-14-10(9)16-13)11(17)15-6-8-2-1-3-18-8/h1-5H,6,13H2,(H,14,16)(H,15,17). The van der Waals surface area contributed by atoms with Crippen LogP contribution in [0.5, 0.6) is 0 Å². The number of rotatable bonds is 4. The van der Waals surface area contributed by atoms with Gasteiger partial charge in [0.1, 0.15) is 0 Å². The Balaban J connectivity index is 2.02. The van der Waals surface area contributed by atoms with Crippen molar-refractivity contribution in [3.8, 4) is 0 Å². The monoisotopic (exact) mass is 282 g/mol. The molecule has 0 aliphatic rings. The summed E-state index contributed by atoms with van der Waals surface area (Å²) >= 11 is 7.48. The number of amides is 1. The summed E-state index contributed by atoms with van der Waals surface area (Å²) in [5, 5.41) is 5.05. The number of nitrogens with two attached hydrogens (primary N) is 1. The van der Waals surface area contributed by atoms with Crippen molar-refractivity contribution in [3.63, 3.8) is 0 Å². The van der Waals surface area contributed by atoms with E-state index in [0.717, 1.165) is 4.88 Å². The van der Waals surface area contributed by atoms with Crippen molar-refractivity contribution in [2.75, 3.05) is 5.43 Å². The third-order valence-corrected chi connectivity index (χ3v) is 3.41. The van der Waals surface area contributed by atoms with Crippen LogP contribution >= 0.6 is 22.9 Å². The quantitative estimate of drug-likeness (QED) is 0.592. The number of aromatic nitrogens is 1. The van der Waals surface area contributed by atoms with Crippen LogP contribution in [0.1, 0.15) is 15.2 Å². The summed E-state index contributed by atoms with van der Waals surface area (Å²) in [5.74, 6) is 5.32. The zero-order valence-corrected chi connectivity index (χ0v) is 10.9. The Morgan fingerprint density at radius 2 is 2.39 bits per heavy atom. The summed E-state index contributed by atoms with van der Waals surface area (Å²) in [5.41, 5.74) is 2.74. The predicted octanol–water partition coefficient (Wildman–Crippen LogP) is 2.01. The number of pyridine rings is 1. The number of thiophene rings is 1. The van der Waals surface area contributed by atoms with E-state index in [-0.39, 0.29) is 5.91 Å². The Morgan fingerprint density at radius 1 is 1.56 bits per heavy atom. The van der Waals surface area contributed by atoms with Crippen LogP contribution in [0.2, 0.25) is 5.02 Å². The maximum atomic E-state index is 11.8. The van der Waals surface area contributed by atoms with E-state index in [4.69, 9.17) is 17.4 Å². The minimum Gasteiger partial charge on any atom is -0.347 e. The molecule has 0 aromatic carbocycles.